The second kappa shape index (κ2) is 10.1. The van der Waals surface area contributed by atoms with E-state index < -0.39 is 17.8 Å². The lowest BCUT2D eigenvalue weighted by Gasteiger charge is -2.39. The minimum absolute atomic E-state index is 0.421. The first kappa shape index (κ1) is 24.5. The number of nitrogens with zero attached hydrogens (tertiary/aromatic N) is 7. The van der Waals surface area contributed by atoms with Gasteiger partial charge in [0.15, 0.2) is 11.0 Å². The van der Waals surface area contributed by atoms with E-state index in [0.29, 0.717) is 44.1 Å². The minimum atomic E-state index is -4.44. The molecule has 11 heteroatoms. The number of halogens is 3. The Bertz CT molecular complexity index is 1490. The standard InChI is InChI=1S/C27H24F3N7S/c28-27(29,30)21-10-6-9-20(17-21)24(25-32-33-34-37(25)18-19-7-2-1-3-8-19)35-13-15-36(16-14-35)26-31-22-11-4-5-12-23(22)38-26/h1-12,17,24H,13-16,18H2/t24-/m1/s1. The summed E-state index contributed by atoms with van der Waals surface area (Å²) in [6, 6.07) is 22.7. The number of para-hydroxylation sites is 1. The van der Waals surface area contributed by atoms with Crippen LogP contribution in [0.25, 0.3) is 10.2 Å². The summed E-state index contributed by atoms with van der Waals surface area (Å²) in [5.41, 5.74) is 1.80. The maximum absolute atomic E-state index is 13.6. The number of benzene rings is 3. The summed E-state index contributed by atoms with van der Waals surface area (Å²) in [4.78, 5) is 9.17. The van der Waals surface area contributed by atoms with Crippen LogP contribution in [-0.2, 0) is 12.7 Å². The molecule has 1 fully saturated rings. The van der Waals surface area contributed by atoms with Crippen LogP contribution >= 0.6 is 11.3 Å². The van der Waals surface area contributed by atoms with Crippen LogP contribution in [0.4, 0.5) is 18.3 Å². The number of anilines is 1. The summed E-state index contributed by atoms with van der Waals surface area (Å²) >= 11 is 1.65. The van der Waals surface area contributed by atoms with E-state index in [2.05, 4.69) is 31.4 Å². The normalized spacial score (nSPS) is 15.7. The molecular formula is C27H24F3N7S. The second-order valence-corrected chi connectivity index (χ2v) is 10.2. The number of aromatic nitrogens is 5. The van der Waals surface area contributed by atoms with E-state index >= 15 is 0 Å². The molecule has 1 atom stereocenters. The van der Waals surface area contributed by atoms with Crippen molar-refractivity contribution >= 4 is 26.7 Å². The third kappa shape index (κ3) is 4.99. The maximum Gasteiger partial charge on any atom is 0.416 e. The highest BCUT2D eigenvalue weighted by Gasteiger charge is 2.35. The van der Waals surface area contributed by atoms with Crippen molar-refractivity contribution in [1.29, 1.82) is 0 Å². The van der Waals surface area contributed by atoms with Crippen molar-refractivity contribution in [2.24, 2.45) is 0 Å². The summed E-state index contributed by atoms with van der Waals surface area (Å²) in [7, 11) is 0. The molecule has 38 heavy (non-hydrogen) atoms. The zero-order valence-corrected chi connectivity index (χ0v) is 21.1. The van der Waals surface area contributed by atoms with Gasteiger partial charge in [0.1, 0.15) is 0 Å². The highest BCUT2D eigenvalue weighted by atomic mass is 32.1. The molecule has 0 amide bonds. The Labute approximate surface area is 221 Å². The smallest absolute Gasteiger partial charge is 0.345 e. The number of rotatable bonds is 6. The van der Waals surface area contributed by atoms with Gasteiger partial charge in [0.05, 0.1) is 28.4 Å². The lowest BCUT2D eigenvalue weighted by atomic mass is 10.0. The van der Waals surface area contributed by atoms with Gasteiger partial charge >= 0.3 is 6.18 Å². The Balaban J connectivity index is 1.31. The Morgan fingerprint density at radius 3 is 2.39 bits per heavy atom. The Morgan fingerprint density at radius 1 is 0.868 bits per heavy atom. The third-order valence-corrected chi connectivity index (χ3v) is 7.84. The zero-order chi connectivity index (χ0) is 26.1. The zero-order valence-electron chi connectivity index (χ0n) is 20.3. The Hall–Kier alpha value is -3.83. The molecule has 0 bridgehead atoms. The maximum atomic E-state index is 13.6. The summed E-state index contributed by atoms with van der Waals surface area (Å²) in [6.07, 6.45) is -4.44. The molecule has 3 heterocycles. The number of tetrazole rings is 1. The number of piperazine rings is 1. The highest BCUT2D eigenvalue weighted by molar-refractivity contribution is 7.22. The fraction of sp³-hybridized carbons (Fsp3) is 0.259. The van der Waals surface area contributed by atoms with Crippen molar-refractivity contribution in [3.63, 3.8) is 0 Å². The molecule has 0 spiro atoms. The summed E-state index contributed by atoms with van der Waals surface area (Å²) < 4.78 is 43.7. The van der Waals surface area contributed by atoms with Crippen molar-refractivity contribution in [3.8, 4) is 0 Å². The van der Waals surface area contributed by atoms with Crippen molar-refractivity contribution in [3.05, 3.63) is 101 Å². The summed E-state index contributed by atoms with van der Waals surface area (Å²) in [6.45, 7) is 3.04. The second-order valence-electron chi connectivity index (χ2n) is 9.19. The number of hydrogen-bond donors (Lipinski definition) is 0. The molecule has 0 unspecified atom stereocenters. The molecule has 6 rings (SSSR count). The molecule has 0 N–H and O–H groups in total. The first-order valence-electron chi connectivity index (χ1n) is 12.3. The van der Waals surface area contributed by atoms with E-state index in [1.54, 1.807) is 22.1 Å². The van der Waals surface area contributed by atoms with Gasteiger partial charge in [-0.3, -0.25) is 4.90 Å². The van der Waals surface area contributed by atoms with E-state index in [4.69, 9.17) is 4.98 Å². The SMILES string of the molecule is FC(F)(F)c1cccc([C@H](c2nnnn2Cc2ccccc2)N2CCN(c3nc4ccccc4s3)CC2)c1. The van der Waals surface area contributed by atoms with Crippen LogP contribution in [0.3, 0.4) is 0 Å². The van der Waals surface area contributed by atoms with Crippen LogP contribution < -0.4 is 4.90 Å². The van der Waals surface area contributed by atoms with Crippen molar-refractivity contribution < 1.29 is 13.2 Å². The molecule has 2 aromatic heterocycles. The van der Waals surface area contributed by atoms with E-state index in [1.165, 1.54) is 12.1 Å². The Morgan fingerprint density at radius 2 is 1.63 bits per heavy atom. The molecule has 7 nitrogen and oxygen atoms in total. The van der Waals surface area contributed by atoms with Crippen molar-refractivity contribution in [2.75, 3.05) is 31.1 Å². The van der Waals surface area contributed by atoms with Gasteiger partial charge < -0.3 is 4.90 Å². The van der Waals surface area contributed by atoms with E-state index in [0.717, 1.165) is 27.0 Å². The van der Waals surface area contributed by atoms with Crippen LogP contribution in [0.15, 0.2) is 78.9 Å². The number of fused-ring (bicyclic) bond motifs is 1. The molecule has 0 aliphatic carbocycles. The van der Waals surface area contributed by atoms with E-state index in [1.807, 2.05) is 48.5 Å². The molecule has 1 aliphatic rings. The van der Waals surface area contributed by atoms with Gasteiger partial charge in [-0.25, -0.2) is 9.67 Å². The first-order chi connectivity index (χ1) is 18.5. The van der Waals surface area contributed by atoms with Crippen LogP contribution in [0.5, 0.6) is 0 Å². The summed E-state index contributed by atoms with van der Waals surface area (Å²) in [5, 5.41) is 13.4. The minimum Gasteiger partial charge on any atom is -0.345 e. The predicted molar refractivity (Wildman–Crippen MR) is 140 cm³/mol. The van der Waals surface area contributed by atoms with Crippen molar-refractivity contribution in [2.45, 2.75) is 18.8 Å². The van der Waals surface area contributed by atoms with Crippen molar-refractivity contribution in [1.82, 2.24) is 30.1 Å². The monoisotopic (exact) mass is 535 g/mol. The number of alkyl halides is 3. The highest BCUT2D eigenvalue weighted by Crippen LogP contribution is 2.35. The molecule has 1 aliphatic heterocycles. The topological polar surface area (TPSA) is 63.0 Å². The van der Waals surface area contributed by atoms with Crippen LogP contribution in [0, 0.1) is 0 Å². The lowest BCUT2D eigenvalue weighted by Crippen LogP contribution is -2.48. The first-order valence-corrected chi connectivity index (χ1v) is 13.1. The van der Waals surface area contributed by atoms with Crippen LogP contribution in [0.1, 0.15) is 28.6 Å². The van der Waals surface area contributed by atoms with Crippen LogP contribution in [-0.4, -0.2) is 56.3 Å². The summed E-state index contributed by atoms with van der Waals surface area (Å²) in [5.74, 6) is 0.515. The van der Waals surface area contributed by atoms with Gasteiger partial charge in [0, 0.05) is 26.2 Å². The fourth-order valence-corrected chi connectivity index (χ4v) is 5.87. The fourth-order valence-electron chi connectivity index (χ4n) is 4.85. The van der Waals surface area contributed by atoms with Gasteiger partial charge in [-0.2, -0.15) is 13.2 Å². The quantitative estimate of drug-likeness (QED) is 0.296. The van der Waals surface area contributed by atoms with Crippen LogP contribution in [0.2, 0.25) is 0 Å². The lowest BCUT2D eigenvalue weighted by molar-refractivity contribution is -0.137. The predicted octanol–water partition coefficient (Wildman–Crippen LogP) is 5.26. The molecule has 0 radical (unpaired) electrons. The largest absolute Gasteiger partial charge is 0.416 e. The molecule has 5 aromatic rings. The molecule has 0 saturated carbocycles. The Kier molecular flexibility index (Phi) is 6.54. The van der Waals surface area contributed by atoms with Gasteiger partial charge in [-0.1, -0.05) is 65.9 Å². The average Bonchev–Trinajstić information content (AvgIpc) is 3.57. The average molecular weight is 536 g/mol. The van der Waals surface area contributed by atoms with Gasteiger partial charge in [-0.15, -0.1) is 5.10 Å². The van der Waals surface area contributed by atoms with E-state index in [9.17, 15) is 13.2 Å². The number of thiazole rings is 1. The van der Waals surface area contributed by atoms with E-state index in [-0.39, 0.29) is 0 Å². The van der Waals surface area contributed by atoms with Gasteiger partial charge in [-0.05, 0) is 45.8 Å². The molecule has 1 saturated heterocycles. The van der Waals surface area contributed by atoms with Gasteiger partial charge in [0.2, 0.25) is 0 Å². The third-order valence-electron chi connectivity index (χ3n) is 6.74. The molecular weight excluding hydrogens is 511 g/mol. The number of hydrogen-bond acceptors (Lipinski definition) is 7. The molecule has 194 valence electrons. The van der Waals surface area contributed by atoms with Gasteiger partial charge in [0.25, 0.3) is 0 Å². The molecule has 3 aromatic carbocycles.